The van der Waals surface area contributed by atoms with E-state index in [1.54, 1.807) is 24.3 Å². The van der Waals surface area contributed by atoms with Crippen LogP contribution in [0.1, 0.15) is 16.7 Å². The van der Waals surface area contributed by atoms with E-state index in [1.807, 2.05) is 25.1 Å². The molecule has 0 saturated carbocycles. The summed E-state index contributed by atoms with van der Waals surface area (Å²) in [6, 6.07) is 12.5. The SMILES string of the molecule is Cc1c(Cc2cccc(N)c2)c(=O)oc2cc(OC(=N)SC=N)ccc12. The van der Waals surface area contributed by atoms with Crippen LogP contribution in [-0.4, -0.2) is 10.8 Å². The van der Waals surface area contributed by atoms with Crippen LogP contribution >= 0.6 is 11.8 Å². The fraction of sp³-hybridized carbons (Fsp3) is 0.105. The zero-order valence-electron chi connectivity index (χ0n) is 14.0. The summed E-state index contributed by atoms with van der Waals surface area (Å²) < 4.78 is 10.8. The van der Waals surface area contributed by atoms with Crippen LogP contribution in [0, 0.1) is 17.7 Å². The van der Waals surface area contributed by atoms with Crippen LogP contribution in [0.4, 0.5) is 5.69 Å². The molecule has 0 spiro atoms. The molecule has 0 radical (unpaired) electrons. The van der Waals surface area contributed by atoms with Gasteiger partial charge in [-0.15, -0.1) is 0 Å². The number of benzene rings is 2. The molecule has 0 atom stereocenters. The summed E-state index contributed by atoms with van der Waals surface area (Å²) >= 11 is 0.843. The van der Waals surface area contributed by atoms with Crippen LogP contribution < -0.4 is 16.1 Å². The van der Waals surface area contributed by atoms with Gasteiger partial charge in [0.1, 0.15) is 11.3 Å². The molecule has 6 nitrogen and oxygen atoms in total. The Morgan fingerprint density at radius 1 is 1.31 bits per heavy atom. The van der Waals surface area contributed by atoms with E-state index in [0.29, 0.717) is 29.0 Å². The van der Waals surface area contributed by atoms with Gasteiger partial charge in [-0.3, -0.25) is 5.41 Å². The van der Waals surface area contributed by atoms with E-state index in [-0.39, 0.29) is 5.23 Å². The molecule has 3 aromatic rings. The molecule has 2 aromatic carbocycles. The van der Waals surface area contributed by atoms with E-state index in [9.17, 15) is 4.79 Å². The van der Waals surface area contributed by atoms with Crippen molar-refractivity contribution in [3.63, 3.8) is 0 Å². The molecule has 3 rings (SSSR count). The van der Waals surface area contributed by atoms with Crippen LogP contribution in [0.25, 0.3) is 11.0 Å². The number of rotatable bonds is 4. The third-order valence-electron chi connectivity index (χ3n) is 3.97. The number of fused-ring (bicyclic) bond motifs is 1. The molecule has 1 heterocycles. The van der Waals surface area contributed by atoms with Crippen molar-refractivity contribution in [2.45, 2.75) is 13.3 Å². The van der Waals surface area contributed by atoms with Crippen molar-refractivity contribution >= 4 is 39.2 Å². The van der Waals surface area contributed by atoms with Crippen molar-refractivity contribution < 1.29 is 9.15 Å². The van der Waals surface area contributed by atoms with Crippen molar-refractivity contribution in [2.75, 3.05) is 5.73 Å². The second-order valence-corrected chi connectivity index (χ2v) is 6.54. The maximum absolute atomic E-state index is 12.5. The van der Waals surface area contributed by atoms with Gasteiger partial charge < -0.3 is 20.3 Å². The number of thioether (sulfide) groups is 1. The van der Waals surface area contributed by atoms with Crippen molar-refractivity contribution in [3.05, 3.63) is 69.6 Å². The lowest BCUT2D eigenvalue weighted by Crippen LogP contribution is -2.11. The maximum Gasteiger partial charge on any atom is 0.340 e. The minimum atomic E-state index is -0.404. The third kappa shape index (κ3) is 3.78. The van der Waals surface area contributed by atoms with Crippen LogP contribution in [-0.2, 0) is 6.42 Å². The van der Waals surface area contributed by atoms with E-state index in [2.05, 4.69) is 0 Å². The molecule has 1 aromatic heterocycles. The molecule has 0 saturated heterocycles. The quantitative estimate of drug-likeness (QED) is 0.280. The van der Waals surface area contributed by atoms with Gasteiger partial charge in [0.2, 0.25) is 0 Å². The largest absolute Gasteiger partial charge is 0.434 e. The predicted octanol–water partition coefficient (Wildman–Crippen LogP) is 3.93. The number of hydrogen-bond acceptors (Lipinski definition) is 7. The first-order chi connectivity index (χ1) is 12.5. The van der Waals surface area contributed by atoms with E-state index >= 15 is 0 Å². The Labute approximate surface area is 154 Å². The summed E-state index contributed by atoms with van der Waals surface area (Å²) in [6.45, 7) is 1.88. The standard InChI is InChI=1S/C19H17N3O3S/c1-11-15-6-5-14(24-19(22)26-10-20)9-17(15)25-18(23)16(11)8-12-3-2-4-13(21)7-12/h2-7,9-10,20,22H,8,21H2,1H3. The van der Waals surface area contributed by atoms with Crippen molar-refractivity contribution in [3.8, 4) is 5.75 Å². The topological polar surface area (TPSA) is 113 Å². The average molecular weight is 367 g/mol. The highest BCUT2D eigenvalue weighted by molar-refractivity contribution is 8.24. The second-order valence-electron chi connectivity index (χ2n) is 5.70. The molecule has 0 fully saturated rings. The Bertz CT molecular complexity index is 1060. The molecule has 0 aliphatic carbocycles. The highest BCUT2D eigenvalue weighted by Gasteiger charge is 2.13. The van der Waals surface area contributed by atoms with Gasteiger partial charge in [-0.1, -0.05) is 12.1 Å². The van der Waals surface area contributed by atoms with Crippen molar-refractivity contribution in [2.24, 2.45) is 0 Å². The first-order valence-corrected chi connectivity index (χ1v) is 8.68. The highest BCUT2D eigenvalue weighted by atomic mass is 32.2. The Morgan fingerprint density at radius 2 is 2.12 bits per heavy atom. The van der Waals surface area contributed by atoms with Crippen LogP contribution in [0.3, 0.4) is 0 Å². The molecule has 4 N–H and O–H groups in total. The van der Waals surface area contributed by atoms with Gasteiger partial charge in [-0.05, 0) is 54.1 Å². The van der Waals surface area contributed by atoms with Gasteiger partial charge in [0.15, 0.2) is 0 Å². The Hall–Kier alpha value is -3.06. The summed E-state index contributed by atoms with van der Waals surface area (Å²) in [5.74, 6) is 0.378. The van der Waals surface area contributed by atoms with E-state index in [1.165, 1.54) is 0 Å². The zero-order chi connectivity index (χ0) is 18.7. The lowest BCUT2D eigenvalue weighted by Gasteiger charge is -2.10. The minimum absolute atomic E-state index is 0.128. The predicted molar refractivity (Wildman–Crippen MR) is 106 cm³/mol. The van der Waals surface area contributed by atoms with Gasteiger partial charge in [-0.25, -0.2) is 4.79 Å². The number of nitrogens with two attached hydrogens (primary N) is 1. The number of aryl methyl sites for hydroxylation is 1. The van der Waals surface area contributed by atoms with Gasteiger partial charge >= 0.3 is 5.63 Å². The summed E-state index contributed by atoms with van der Waals surface area (Å²) in [6.07, 6.45) is 0.439. The first-order valence-electron chi connectivity index (χ1n) is 7.80. The molecular weight excluding hydrogens is 350 g/mol. The van der Waals surface area contributed by atoms with Crippen LogP contribution in [0.15, 0.2) is 51.7 Å². The maximum atomic E-state index is 12.5. The molecule has 0 aliphatic rings. The number of hydrogen-bond donors (Lipinski definition) is 3. The highest BCUT2D eigenvalue weighted by Crippen LogP contribution is 2.26. The number of anilines is 1. The van der Waals surface area contributed by atoms with Gasteiger partial charge in [0, 0.05) is 29.1 Å². The third-order valence-corrected chi connectivity index (χ3v) is 4.38. The second kappa shape index (κ2) is 7.45. The molecule has 0 amide bonds. The van der Waals surface area contributed by atoms with E-state index in [0.717, 1.165) is 33.8 Å². The van der Waals surface area contributed by atoms with E-state index in [4.69, 9.17) is 25.7 Å². The fourth-order valence-corrected chi connectivity index (χ4v) is 2.99. The Morgan fingerprint density at radius 3 is 2.85 bits per heavy atom. The monoisotopic (exact) mass is 367 g/mol. The van der Waals surface area contributed by atoms with Crippen LogP contribution in [0.2, 0.25) is 0 Å². The fourth-order valence-electron chi connectivity index (χ4n) is 2.73. The number of ether oxygens (including phenoxy) is 1. The van der Waals surface area contributed by atoms with Crippen LogP contribution in [0.5, 0.6) is 5.75 Å². The van der Waals surface area contributed by atoms with Crippen molar-refractivity contribution in [1.82, 2.24) is 0 Å². The average Bonchev–Trinajstić information content (AvgIpc) is 2.58. The number of nitrogen functional groups attached to an aromatic ring is 1. The normalized spacial score (nSPS) is 10.7. The van der Waals surface area contributed by atoms with Gasteiger partial charge in [0.25, 0.3) is 5.23 Å². The zero-order valence-corrected chi connectivity index (χ0v) is 14.9. The van der Waals surface area contributed by atoms with Gasteiger partial charge in [-0.2, -0.15) is 0 Å². The molecule has 0 aliphatic heterocycles. The Kier molecular flexibility index (Phi) is 5.09. The van der Waals surface area contributed by atoms with E-state index < -0.39 is 5.63 Å². The lowest BCUT2D eigenvalue weighted by molar-refractivity contribution is 0.539. The molecule has 26 heavy (non-hydrogen) atoms. The minimum Gasteiger partial charge on any atom is -0.434 e. The summed E-state index contributed by atoms with van der Waals surface area (Å²) in [4.78, 5) is 12.5. The molecule has 0 unspecified atom stereocenters. The molecule has 0 bridgehead atoms. The molecule has 7 heteroatoms. The summed E-state index contributed by atoms with van der Waals surface area (Å²) in [5, 5.41) is 15.2. The number of nitrogens with one attached hydrogen (secondary N) is 2. The first kappa shape index (κ1) is 17.8. The van der Waals surface area contributed by atoms with Gasteiger partial charge in [0.05, 0.1) is 5.55 Å². The molecular formula is C19H17N3O3S. The summed E-state index contributed by atoms with van der Waals surface area (Å²) in [7, 11) is 0. The Balaban J connectivity index is 1.98. The molecule has 132 valence electrons. The smallest absolute Gasteiger partial charge is 0.340 e. The lowest BCUT2D eigenvalue weighted by atomic mass is 9.99. The summed E-state index contributed by atoms with van der Waals surface area (Å²) in [5.41, 5.74) is 9.83. The van der Waals surface area contributed by atoms with Crippen molar-refractivity contribution in [1.29, 1.82) is 10.8 Å².